The average Bonchev–Trinajstić information content (AvgIpc) is 3.32. The van der Waals surface area contributed by atoms with Gasteiger partial charge in [-0.05, 0) is 55.7 Å². The number of ether oxygens (including phenoxy) is 2. The van der Waals surface area contributed by atoms with E-state index in [1.165, 1.54) is 0 Å². The Morgan fingerprint density at radius 2 is 1.97 bits per heavy atom. The van der Waals surface area contributed by atoms with Crippen LogP contribution < -0.4 is 4.90 Å². The van der Waals surface area contributed by atoms with Crippen LogP contribution in [0, 0.1) is 11.3 Å². The molecule has 0 aliphatic carbocycles. The highest BCUT2D eigenvalue weighted by Crippen LogP contribution is 2.37. The van der Waals surface area contributed by atoms with Crippen LogP contribution in [0.25, 0.3) is 11.1 Å². The molecule has 0 unspecified atom stereocenters. The summed E-state index contributed by atoms with van der Waals surface area (Å²) in [6, 6.07) is 13.4. The van der Waals surface area contributed by atoms with Crippen LogP contribution in [-0.2, 0) is 22.6 Å². The third-order valence-electron chi connectivity index (χ3n) is 5.12. The second-order valence-electron chi connectivity index (χ2n) is 8.39. The normalized spacial score (nSPS) is 15.6. The Morgan fingerprint density at radius 1 is 1.17 bits per heavy atom. The molecule has 0 aromatic heterocycles. The molecule has 1 fully saturated rings. The monoisotopic (exact) mass is 405 g/mol. The van der Waals surface area contributed by atoms with Crippen LogP contribution in [0.1, 0.15) is 37.5 Å². The fraction of sp³-hybridized carbons (Fsp3) is 0.348. The van der Waals surface area contributed by atoms with Gasteiger partial charge in [-0.2, -0.15) is 5.26 Å². The molecule has 1 saturated heterocycles. The van der Waals surface area contributed by atoms with Gasteiger partial charge in [-0.1, -0.05) is 18.2 Å². The highest BCUT2D eigenvalue weighted by molar-refractivity contribution is 5.91. The largest absolute Gasteiger partial charge is 0.447 e. The van der Waals surface area contributed by atoms with Crippen LogP contribution in [0.3, 0.4) is 0 Å². The van der Waals surface area contributed by atoms with E-state index >= 15 is 0 Å². The van der Waals surface area contributed by atoms with E-state index in [1.54, 1.807) is 21.9 Å². The number of cyclic esters (lactones) is 1. The first-order chi connectivity index (χ1) is 14.3. The Bertz CT molecular complexity index is 1070. The van der Waals surface area contributed by atoms with Gasteiger partial charge in [0.1, 0.15) is 12.2 Å². The summed E-state index contributed by atoms with van der Waals surface area (Å²) in [6.07, 6.45) is -0.751. The average molecular weight is 405 g/mol. The minimum absolute atomic E-state index is 0.347. The van der Waals surface area contributed by atoms with Gasteiger partial charge in [0.15, 0.2) is 0 Å². The number of fused-ring (bicyclic) bond motifs is 1. The van der Waals surface area contributed by atoms with Crippen LogP contribution in [0.2, 0.25) is 0 Å². The number of hydrogen-bond donors (Lipinski definition) is 0. The van der Waals surface area contributed by atoms with E-state index in [0.29, 0.717) is 37.5 Å². The SMILES string of the molecule is CC(C)(C)OC(=O)N1Cc2cccc(-c3cc(N4CCOC4=O)ccc3C#N)c2C1. The lowest BCUT2D eigenvalue weighted by molar-refractivity contribution is 0.0242. The number of rotatable bonds is 2. The first-order valence-corrected chi connectivity index (χ1v) is 9.84. The second-order valence-corrected chi connectivity index (χ2v) is 8.39. The number of carbonyl (C=O) groups is 2. The molecule has 0 radical (unpaired) electrons. The molecule has 30 heavy (non-hydrogen) atoms. The molecule has 4 rings (SSSR count). The quantitative estimate of drug-likeness (QED) is 0.738. The number of nitrogens with zero attached hydrogens (tertiary/aromatic N) is 3. The van der Waals surface area contributed by atoms with E-state index in [4.69, 9.17) is 9.47 Å². The zero-order valence-electron chi connectivity index (χ0n) is 17.3. The third-order valence-corrected chi connectivity index (χ3v) is 5.12. The van der Waals surface area contributed by atoms with E-state index in [-0.39, 0.29) is 12.2 Å². The zero-order valence-corrected chi connectivity index (χ0v) is 17.3. The molecule has 0 spiro atoms. The summed E-state index contributed by atoms with van der Waals surface area (Å²) in [5.74, 6) is 0. The van der Waals surface area contributed by atoms with Crippen LogP contribution >= 0.6 is 0 Å². The number of amides is 2. The molecule has 2 aromatic rings. The number of hydrogen-bond acceptors (Lipinski definition) is 5. The van der Waals surface area contributed by atoms with Gasteiger partial charge in [-0.15, -0.1) is 0 Å². The number of carbonyl (C=O) groups excluding carboxylic acids is 2. The predicted molar refractivity (Wildman–Crippen MR) is 111 cm³/mol. The maximum atomic E-state index is 12.6. The van der Waals surface area contributed by atoms with Gasteiger partial charge >= 0.3 is 12.2 Å². The summed E-state index contributed by atoms with van der Waals surface area (Å²) in [4.78, 5) is 27.8. The molecule has 154 valence electrons. The maximum absolute atomic E-state index is 12.6. The van der Waals surface area contributed by atoms with E-state index in [2.05, 4.69) is 6.07 Å². The van der Waals surface area contributed by atoms with Crippen molar-refractivity contribution >= 4 is 17.9 Å². The van der Waals surface area contributed by atoms with Gasteiger partial charge in [0.05, 0.1) is 24.7 Å². The number of benzene rings is 2. The van der Waals surface area contributed by atoms with Crippen molar-refractivity contribution in [3.63, 3.8) is 0 Å². The van der Waals surface area contributed by atoms with Crippen LogP contribution in [0.4, 0.5) is 15.3 Å². The Labute approximate surface area is 175 Å². The molecule has 2 aliphatic rings. The van der Waals surface area contributed by atoms with E-state index in [0.717, 1.165) is 22.3 Å². The maximum Gasteiger partial charge on any atom is 0.414 e. The van der Waals surface area contributed by atoms with Gasteiger partial charge in [0.2, 0.25) is 0 Å². The third kappa shape index (κ3) is 3.69. The van der Waals surface area contributed by atoms with Crippen molar-refractivity contribution in [1.29, 1.82) is 5.26 Å². The standard InChI is InChI=1S/C23H23N3O4/c1-23(2,3)30-21(27)25-13-16-5-4-6-18(20(16)14-25)19-11-17(8-7-15(19)12-24)26-9-10-29-22(26)28/h4-8,11H,9-10,13-14H2,1-3H3. The number of anilines is 1. The van der Waals surface area contributed by atoms with Crippen LogP contribution in [0.5, 0.6) is 0 Å². The summed E-state index contributed by atoms with van der Waals surface area (Å²) in [6.45, 7) is 7.21. The molecule has 0 atom stereocenters. The van der Waals surface area contributed by atoms with Crippen molar-refractivity contribution in [2.45, 2.75) is 39.5 Å². The molecular weight excluding hydrogens is 382 g/mol. The van der Waals surface area contributed by atoms with E-state index in [9.17, 15) is 14.9 Å². The topological polar surface area (TPSA) is 82.9 Å². The van der Waals surface area contributed by atoms with Crippen molar-refractivity contribution in [3.8, 4) is 17.2 Å². The molecule has 2 heterocycles. The first-order valence-electron chi connectivity index (χ1n) is 9.84. The Balaban J connectivity index is 1.71. The lowest BCUT2D eigenvalue weighted by atomic mass is 9.93. The molecule has 2 aromatic carbocycles. The predicted octanol–water partition coefficient (Wildman–Crippen LogP) is 4.43. The highest BCUT2D eigenvalue weighted by Gasteiger charge is 2.30. The second kappa shape index (κ2) is 7.38. The highest BCUT2D eigenvalue weighted by atomic mass is 16.6. The molecule has 7 nitrogen and oxygen atoms in total. The van der Waals surface area contributed by atoms with Gasteiger partial charge < -0.3 is 9.47 Å². The fourth-order valence-corrected chi connectivity index (χ4v) is 3.78. The Kier molecular flexibility index (Phi) is 4.86. The molecule has 2 amide bonds. The Morgan fingerprint density at radius 3 is 2.63 bits per heavy atom. The summed E-state index contributed by atoms with van der Waals surface area (Å²) < 4.78 is 10.6. The summed E-state index contributed by atoms with van der Waals surface area (Å²) in [5.41, 5.74) is 4.25. The van der Waals surface area contributed by atoms with Gasteiger partial charge in [-0.25, -0.2) is 9.59 Å². The van der Waals surface area contributed by atoms with Crippen molar-refractivity contribution in [2.75, 3.05) is 18.1 Å². The van der Waals surface area contributed by atoms with Gasteiger partial charge in [0.25, 0.3) is 0 Å². The first kappa shape index (κ1) is 19.8. The lowest BCUT2D eigenvalue weighted by Gasteiger charge is -2.24. The minimum atomic E-state index is -0.568. The van der Waals surface area contributed by atoms with Crippen molar-refractivity contribution < 1.29 is 19.1 Å². The van der Waals surface area contributed by atoms with Gasteiger partial charge in [-0.3, -0.25) is 9.80 Å². The number of nitriles is 1. The van der Waals surface area contributed by atoms with E-state index in [1.807, 2.05) is 45.0 Å². The smallest absolute Gasteiger partial charge is 0.414 e. The molecule has 0 saturated carbocycles. The van der Waals surface area contributed by atoms with Crippen molar-refractivity contribution in [3.05, 3.63) is 53.1 Å². The van der Waals surface area contributed by atoms with Crippen LogP contribution in [0.15, 0.2) is 36.4 Å². The minimum Gasteiger partial charge on any atom is -0.447 e. The van der Waals surface area contributed by atoms with Gasteiger partial charge in [0, 0.05) is 17.8 Å². The lowest BCUT2D eigenvalue weighted by Crippen LogP contribution is -2.33. The molecule has 0 N–H and O–H groups in total. The Hall–Kier alpha value is -3.53. The molecule has 7 heteroatoms. The molecule has 0 bridgehead atoms. The molecule has 2 aliphatic heterocycles. The van der Waals surface area contributed by atoms with Crippen molar-refractivity contribution in [2.24, 2.45) is 0 Å². The summed E-state index contributed by atoms with van der Waals surface area (Å²) in [7, 11) is 0. The fourth-order valence-electron chi connectivity index (χ4n) is 3.78. The van der Waals surface area contributed by atoms with E-state index < -0.39 is 5.60 Å². The summed E-state index contributed by atoms with van der Waals surface area (Å²) in [5, 5.41) is 9.66. The zero-order chi connectivity index (χ0) is 21.5. The molecular formula is C23H23N3O4. The summed E-state index contributed by atoms with van der Waals surface area (Å²) >= 11 is 0. The van der Waals surface area contributed by atoms with Crippen molar-refractivity contribution in [1.82, 2.24) is 4.90 Å². The van der Waals surface area contributed by atoms with Crippen LogP contribution in [-0.4, -0.2) is 35.8 Å².